The molecule has 0 bridgehead atoms. The number of amides is 1. The van der Waals surface area contributed by atoms with Gasteiger partial charge in [-0.25, -0.2) is 4.98 Å². The first-order valence-corrected chi connectivity index (χ1v) is 12.0. The van der Waals surface area contributed by atoms with Gasteiger partial charge in [-0.2, -0.15) is 4.37 Å². The van der Waals surface area contributed by atoms with Crippen LogP contribution >= 0.6 is 11.5 Å². The van der Waals surface area contributed by atoms with E-state index in [1.807, 2.05) is 0 Å². The summed E-state index contributed by atoms with van der Waals surface area (Å²) in [5.41, 5.74) is 3.01. The topological polar surface area (TPSA) is 76.6 Å². The fourth-order valence-corrected chi connectivity index (χ4v) is 4.72. The number of piperidine rings is 1. The molecule has 174 valence electrons. The Morgan fingerprint density at radius 2 is 1.88 bits per heavy atom. The zero-order chi connectivity index (χ0) is 23.2. The highest BCUT2D eigenvalue weighted by atomic mass is 32.1. The first-order valence-electron chi connectivity index (χ1n) is 11.2. The van der Waals surface area contributed by atoms with Crippen LogP contribution < -0.4 is 19.7 Å². The number of carbonyl (C=O) groups is 1. The zero-order valence-corrected chi connectivity index (χ0v) is 20.2. The summed E-state index contributed by atoms with van der Waals surface area (Å²) in [5, 5.41) is 4.06. The van der Waals surface area contributed by atoms with E-state index in [4.69, 9.17) is 14.5 Å². The van der Waals surface area contributed by atoms with Gasteiger partial charge in [0.15, 0.2) is 0 Å². The summed E-state index contributed by atoms with van der Waals surface area (Å²) in [6, 6.07) is 13.7. The summed E-state index contributed by atoms with van der Waals surface area (Å²) in [6.45, 7) is 4.59. The molecule has 33 heavy (non-hydrogen) atoms. The molecule has 0 aliphatic carbocycles. The number of nitrogens with zero attached hydrogens (tertiary/aromatic N) is 3. The van der Waals surface area contributed by atoms with Crippen molar-refractivity contribution in [1.29, 1.82) is 0 Å². The molecular formula is C25H30N4O3S. The summed E-state index contributed by atoms with van der Waals surface area (Å²) in [6.07, 6.45) is 2.77. The van der Waals surface area contributed by atoms with E-state index in [9.17, 15) is 4.79 Å². The van der Waals surface area contributed by atoms with E-state index >= 15 is 0 Å². The Balaban J connectivity index is 1.26. The number of aryl methyl sites for hydroxylation is 1. The second kappa shape index (κ2) is 10.7. The molecule has 2 heterocycles. The first kappa shape index (κ1) is 23.0. The highest BCUT2D eigenvalue weighted by molar-refractivity contribution is 7.09. The smallest absolute Gasteiger partial charge is 0.255 e. The van der Waals surface area contributed by atoms with Crippen molar-refractivity contribution < 1.29 is 14.3 Å². The van der Waals surface area contributed by atoms with Crippen molar-refractivity contribution in [1.82, 2.24) is 14.7 Å². The molecule has 1 fully saturated rings. The van der Waals surface area contributed by atoms with Crippen molar-refractivity contribution >= 4 is 22.6 Å². The van der Waals surface area contributed by atoms with Gasteiger partial charge in [0.25, 0.3) is 5.91 Å². The number of anilines is 1. The lowest BCUT2D eigenvalue weighted by atomic mass is 9.97. The van der Waals surface area contributed by atoms with Gasteiger partial charge in [-0.1, -0.05) is 29.8 Å². The number of aromatic nitrogens is 2. The molecule has 0 atom stereocenters. The summed E-state index contributed by atoms with van der Waals surface area (Å²) >= 11 is 1.47. The molecule has 0 radical (unpaired) electrons. The third-order valence-corrected chi connectivity index (χ3v) is 6.84. The van der Waals surface area contributed by atoms with Crippen molar-refractivity contribution in [2.24, 2.45) is 5.92 Å². The van der Waals surface area contributed by atoms with Gasteiger partial charge in [0.1, 0.15) is 17.3 Å². The van der Waals surface area contributed by atoms with Gasteiger partial charge in [-0.15, -0.1) is 0 Å². The van der Waals surface area contributed by atoms with Crippen molar-refractivity contribution in [2.75, 3.05) is 38.8 Å². The molecular weight excluding hydrogens is 436 g/mol. The van der Waals surface area contributed by atoms with Crippen molar-refractivity contribution in [3.8, 4) is 11.5 Å². The van der Waals surface area contributed by atoms with Crippen molar-refractivity contribution in [2.45, 2.75) is 26.2 Å². The third kappa shape index (κ3) is 5.82. The zero-order valence-electron chi connectivity index (χ0n) is 19.3. The maximum atomic E-state index is 12.7. The Bertz CT molecular complexity index is 1080. The number of hydrogen-bond donors (Lipinski definition) is 1. The molecule has 0 spiro atoms. The number of hydrogen-bond acceptors (Lipinski definition) is 7. The largest absolute Gasteiger partial charge is 0.497 e. The Morgan fingerprint density at radius 1 is 1.12 bits per heavy atom. The van der Waals surface area contributed by atoms with Crippen LogP contribution in [0.15, 0.2) is 42.5 Å². The fraction of sp³-hybridized carbons (Fsp3) is 0.400. The van der Waals surface area contributed by atoms with E-state index in [1.54, 1.807) is 32.4 Å². The first-order chi connectivity index (χ1) is 16.1. The molecule has 8 heteroatoms. The van der Waals surface area contributed by atoms with Gasteiger partial charge in [0.05, 0.1) is 19.8 Å². The predicted molar refractivity (Wildman–Crippen MR) is 131 cm³/mol. The maximum absolute atomic E-state index is 12.7. The molecule has 2 aromatic carbocycles. The van der Waals surface area contributed by atoms with Crippen LogP contribution in [-0.2, 0) is 6.42 Å². The minimum atomic E-state index is -0.123. The normalized spacial score (nSPS) is 14.2. The molecule has 1 N–H and O–H groups in total. The minimum Gasteiger partial charge on any atom is -0.497 e. The van der Waals surface area contributed by atoms with E-state index in [0.717, 1.165) is 43.3 Å². The van der Waals surface area contributed by atoms with E-state index in [-0.39, 0.29) is 5.91 Å². The van der Waals surface area contributed by atoms with Crippen LogP contribution in [0, 0.1) is 12.8 Å². The van der Waals surface area contributed by atoms with Gasteiger partial charge in [0, 0.05) is 43.7 Å². The van der Waals surface area contributed by atoms with Crippen LogP contribution in [0.1, 0.15) is 40.2 Å². The predicted octanol–water partition coefficient (Wildman–Crippen LogP) is 4.10. The monoisotopic (exact) mass is 466 g/mol. The third-order valence-electron chi connectivity index (χ3n) is 6.03. The molecule has 1 saturated heterocycles. The van der Waals surface area contributed by atoms with Crippen molar-refractivity contribution in [3.63, 3.8) is 0 Å². The fourth-order valence-electron chi connectivity index (χ4n) is 3.98. The summed E-state index contributed by atoms with van der Waals surface area (Å²) < 4.78 is 15.1. The Kier molecular flexibility index (Phi) is 7.44. The summed E-state index contributed by atoms with van der Waals surface area (Å²) in [5.74, 6) is 2.37. The number of methoxy groups -OCH3 is 2. The Hall–Kier alpha value is -3.13. The Morgan fingerprint density at radius 3 is 2.58 bits per heavy atom. The summed E-state index contributed by atoms with van der Waals surface area (Å²) in [7, 11) is 3.15. The molecule has 7 nitrogen and oxygen atoms in total. The van der Waals surface area contributed by atoms with Crippen LogP contribution in [0.3, 0.4) is 0 Å². The average Bonchev–Trinajstić information content (AvgIpc) is 3.32. The number of rotatable bonds is 8. The highest BCUT2D eigenvalue weighted by Gasteiger charge is 2.23. The van der Waals surface area contributed by atoms with Crippen LogP contribution in [0.2, 0.25) is 0 Å². The molecule has 1 amide bonds. The minimum absolute atomic E-state index is 0.123. The SMILES string of the molecule is COc1ccc(C(=O)NCC2CCN(c3nc(Cc4ccc(C)cc4)ns3)CC2)c(OC)c1. The quantitative estimate of drug-likeness (QED) is 0.539. The second-order valence-electron chi connectivity index (χ2n) is 8.36. The maximum Gasteiger partial charge on any atom is 0.255 e. The molecule has 0 saturated carbocycles. The van der Waals surface area contributed by atoms with E-state index < -0.39 is 0 Å². The lowest BCUT2D eigenvalue weighted by Crippen LogP contribution is -2.38. The number of nitrogens with one attached hydrogen (secondary N) is 1. The summed E-state index contributed by atoms with van der Waals surface area (Å²) in [4.78, 5) is 19.7. The lowest BCUT2D eigenvalue weighted by Gasteiger charge is -2.31. The van der Waals surface area contributed by atoms with Gasteiger partial charge >= 0.3 is 0 Å². The molecule has 3 aromatic rings. The molecule has 0 unspecified atom stereocenters. The van der Waals surface area contributed by atoms with Gasteiger partial charge in [-0.3, -0.25) is 4.79 Å². The lowest BCUT2D eigenvalue weighted by molar-refractivity contribution is 0.0942. The van der Waals surface area contributed by atoms with E-state index in [0.29, 0.717) is 29.5 Å². The molecule has 4 rings (SSSR count). The molecule has 1 aromatic heterocycles. The van der Waals surface area contributed by atoms with E-state index in [2.05, 4.69) is 45.8 Å². The van der Waals surface area contributed by atoms with Crippen LogP contribution in [-0.4, -0.2) is 49.1 Å². The molecule has 1 aliphatic heterocycles. The standard InChI is InChI=1S/C25H30N4O3S/c1-17-4-6-18(7-5-17)14-23-27-25(33-28-23)29-12-10-19(11-13-29)16-26-24(30)21-9-8-20(31-2)15-22(21)32-3/h4-9,15,19H,10-14,16H2,1-3H3,(H,26,30). The average molecular weight is 467 g/mol. The van der Waals surface area contributed by atoms with Gasteiger partial charge < -0.3 is 19.7 Å². The van der Waals surface area contributed by atoms with Gasteiger partial charge in [0.2, 0.25) is 5.13 Å². The number of benzene rings is 2. The molecule has 1 aliphatic rings. The van der Waals surface area contributed by atoms with E-state index in [1.165, 1.54) is 22.7 Å². The van der Waals surface area contributed by atoms with Crippen LogP contribution in [0.5, 0.6) is 11.5 Å². The van der Waals surface area contributed by atoms with Crippen molar-refractivity contribution in [3.05, 3.63) is 65.0 Å². The van der Waals surface area contributed by atoms with Gasteiger partial charge in [-0.05, 0) is 43.4 Å². The number of ether oxygens (including phenoxy) is 2. The Labute approximate surface area is 198 Å². The highest BCUT2D eigenvalue weighted by Crippen LogP contribution is 2.27. The van der Waals surface area contributed by atoms with Crippen LogP contribution in [0.25, 0.3) is 0 Å². The number of carbonyl (C=O) groups excluding carboxylic acids is 1. The second-order valence-corrected chi connectivity index (χ2v) is 9.09. The van der Waals surface area contributed by atoms with Crippen LogP contribution in [0.4, 0.5) is 5.13 Å².